The summed E-state index contributed by atoms with van der Waals surface area (Å²) in [5.41, 5.74) is 4.80. The molecule has 0 heterocycles. The Morgan fingerprint density at radius 1 is 0.882 bits per heavy atom. The van der Waals surface area contributed by atoms with E-state index < -0.39 is 0 Å². The summed E-state index contributed by atoms with van der Waals surface area (Å²) >= 11 is 0. The van der Waals surface area contributed by atoms with E-state index in [2.05, 4.69) is 32.0 Å². The molecule has 2 rings (SSSR count). The van der Waals surface area contributed by atoms with Crippen LogP contribution in [0, 0.1) is 19.7 Å². The number of hydrogen-bond acceptors (Lipinski definition) is 0. The molecule has 0 aliphatic rings. The van der Waals surface area contributed by atoms with Crippen molar-refractivity contribution in [2.24, 2.45) is 0 Å². The lowest BCUT2D eigenvalue weighted by atomic mass is 9.88. The van der Waals surface area contributed by atoms with E-state index in [1.807, 2.05) is 19.1 Å². The van der Waals surface area contributed by atoms with E-state index in [4.69, 9.17) is 0 Å². The fourth-order valence-corrected chi connectivity index (χ4v) is 2.37. The maximum atomic E-state index is 13.1. The number of halogens is 1. The van der Waals surface area contributed by atoms with E-state index in [1.165, 1.54) is 22.8 Å². The number of rotatable bonds is 2. The van der Waals surface area contributed by atoms with Crippen LogP contribution in [-0.2, 0) is 0 Å². The molecule has 17 heavy (non-hydrogen) atoms. The van der Waals surface area contributed by atoms with E-state index in [0.29, 0.717) is 5.92 Å². The topological polar surface area (TPSA) is 0 Å². The van der Waals surface area contributed by atoms with Gasteiger partial charge in [0.05, 0.1) is 0 Å². The Kier molecular flexibility index (Phi) is 3.28. The van der Waals surface area contributed by atoms with Crippen LogP contribution >= 0.6 is 0 Å². The van der Waals surface area contributed by atoms with Crippen molar-refractivity contribution in [1.29, 1.82) is 0 Å². The van der Waals surface area contributed by atoms with Crippen LogP contribution in [-0.4, -0.2) is 0 Å². The van der Waals surface area contributed by atoms with Gasteiger partial charge in [0, 0.05) is 5.92 Å². The average Bonchev–Trinajstić information content (AvgIpc) is 2.29. The second-order valence-electron chi connectivity index (χ2n) is 4.58. The van der Waals surface area contributed by atoms with Crippen LogP contribution in [0.4, 0.5) is 4.39 Å². The summed E-state index contributed by atoms with van der Waals surface area (Å²) in [6, 6.07) is 13.4. The first-order valence-corrected chi connectivity index (χ1v) is 5.91. The lowest BCUT2D eigenvalue weighted by Crippen LogP contribution is -2.01. The van der Waals surface area contributed by atoms with Crippen molar-refractivity contribution in [3.8, 4) is 0 Å². The molecule has 0 aromatic heterocycles. The Labute approximate surface area is 102 Å². The molecule has 2 aromatic rings. The molecule has 2 aromatic carbocycles. The molecule has 0 aliphatic heterocycles. The highest BCUT2D eigenvalue weighted by Crippen LogP contribution is 2.28. The summed E-state index contributed by atoms with van der Waals surface area (Å²) in [6.07, 6.45) is 0. The van der Waals surface area contributed by atoms with Gasteiger partial charge in [-0.2, -0.15) is 0 Å². The minimum atomic E-state index is -0.164. The van der Waals surface area contributed by atoms with Gasteiger partial charge in [-0.3, -0.25) is 0 Å². The maximum absolute atomic E-state index is 13.1. The monoisotopic (exact) mass is 228 g/mol. The highest BCUT2D eigenvalue weighted by molar-refractivity contribution is 5.40. The molecule has 0 amide bonds. The summed E-state index contributed by atoms with van der Waals surface area (Å²) in [6.45, 7) is 6.25. The van der Waals surface area contributed by atoms with E-state index in [1.54, 1.807) is 6.07 Å². The smallest absolute Gasteiger partial charge is 0.123 e. The van der Waals surface area contributed by atoms with E-state index in [0.717, 1.165) is 5.56 Å². The van der Waals surface area contributed by atoms with Crippen molar-refractivity contribution in [3.63, 3.8) is 0 Å². The van der Waals surface area contributed by atoms with Crippen LogP contribution in [0.5, 0.6) is 0 Å². The van der Waals surface area contributed by atoms with Gasteiger partial charge < -0.3 is 0 Å². The van der Waals surface area contributed by atoms with Gasteiger partial charge in [0.15, 0.2) is 0 Å². The molecule has 0 spiro atoms. The van der Waals surface area contributed by atoms with Crippen LogP contribution in [0.1, 0.15) is 35.1 Å². The molecule has 0 saturated heterocycles. The Morgan fingerprint density at radius 2 is 1.53 bits per heavy atom. The van der Waals surface area contributed by atoms with Gasteiger partial charge >= 0.3 is 0 Å². The summed E-state index contributed by atoms with van der Waals surface area (Å²) in [5, 5.41) is 0. The third-order valence-corrected chi connectivity index (χ3v) is 3.35. The molecule has 0 N–H and O–H groups in total. The molecule has 0 radical (unpaired) electrons. The Hall–Kier alpha value is -1.63. The third-order valence-electron chi connectivity index (χ3n) is 3.35. The van der Waals surface area contributed by atoms with Gasteiger partial charge in [0.25, 0.3) is 0 Å². The molecule has 1 heteroatoms. The molecule has 0 bridgehead atoms. The van der Waals surface area contributed by atoms with Gasteiger partial charge in [-0.15, -0.1) is 0 Å². The zero-order chi connectivity index (χ0) is 12.4. The Morgan fingerprint density at radius 3 is 2.18 bits per heavy atom. The number of aryl methyl sites for hydroxylation is 2. The van der Waals surface area contributed by atoms with Crippen molar-refractivity contribution in [2.45, 2.75) is 26.7 Å². The van der Waals surface area contributed by atoms with Gasteiger partial charge in [-0.1, -0.05) is 37.3 Å². The van der Waals surface area contributed by atoms with E-state index in [-0.39, 0.29) is 5.82 Å². The first-order valence-electron chi connectivity index (χ1n) is 5.91. The molecule has 88 valence electrons. The first-order chi connectivity index (χ1) is 8.09. The fourth-order valence-electron chi connectivity index (χ4n) is 2.37. The van der Waals surface area contributed by atoms with Crippen molar-refractivity contribution in [2.75, 3.05) is 0 Å². The number of benzene rings is 2. The van der Waals surface area contributed by atoms with Crippen molar-refractivity contribution in [3.05, 3.63) is 70.5 Å². The average molecular weight is 228 g/mol. The van der Waals surface area contributed by atoms with Gasteiger partial charge in [-0.25, -0.2) is 4.39 Å². The van der Waals surface area contributed by atoms with Crippen molar-refractivity contribution >= 4 is 0 Å². The zero-order valence-corrected chi connectivity index (χ0v) is 10.5. The highest BCUT2D eigenvalue weighted by atomic mass is 19.1. The quantitative estimate of drug-likeness (QED) is 0.705. The van der Waals surface area contributed by atoms with Crippen molar-refractivity contribution in [1.82, 2.24) is 0 Å². The van der Waals surface area contributed by atoms with Gasteiger partial charge in [0.1, 0.15) is 5.82 Å². The zero-order valence-electron chi connectivity index (χ0n) is 10.5. The minimum Gasteiger partial charge on any atom is -0.207 e. The fraction of sp³-hybridized carbons (Fsp3) is 0.250. The third kappa shape index (κ3) is 2.38. The van der Waals surface area contributed by atoms with Crippen LogP contribution < -0.4 is 0 Å². The SMILES string of the molecule is Cc1ccccc1C(C)c1ccc(F)cc1C. The number of hydrogen-bond donors (Lipinski definition) is 0. The Bertz CT molecular complexity index is 529. The van der Waals surface area contributed by atoms with Gasteiger partial charge in [0.2, 0.25) is 0 Å². The standard InChI is InChI=1S/C16H17F/c1-11-6-4-5-7-15(11)13(3)16-9-8-14(17)10-12(16)2/h4-10,13H,1-3H3. The maximum Gasteiger partial charge on any atom is 0.123 e. The highest BCUT2D eigenvalue weighted by Gasteiger charge is 2.12. The van der Waals surface area contributed by atoms with Crippen LogP contribution in [0.2, 0.25) is 0 Å². The largest absolute Gasteiger partial charge is 0.207 e. The Balaban J connectivity index is 2.44. The predicted octanol–water partition coefficient (Wildman–Crippen LogP) is 4.59. The lowest BCUT2D eigenvalue weighted by Gasteiger charge is -2.17. The summed E-state index contributed by atoms with van der Waals surface area (Å²) in [7, 11) is 0. The molecule has 0 nitrogen and oxygen atoms in total. The minimum absolute atomic E-state index is 0.164. The molecule has 1 unspecified atom stereocenters. The van der Waals surface area contributed by atoms with E-state index in [9.17, 15) is 4.39 Å². The normalized spacial score (nSPS) is 12.5. The molecule has 0 fully saturated rings. The molecular formula is C16H17F. The second-order valence-corrected chi connectivity index (χ2v) is 4.58. The van der Waals surface area contributed by atoms with Crippen molar-refractivity contribution < 1.29 is 4.39 Å². The van der Waals surface area contributed by atoms with Crippen LogP contribution in [0.15, 0.2) is 42.5 Å². The van der Waals surface area contributed by atoms with Crippen LogP contribution in [0.25, 0.3) is 0 Å². The molecule has 1 atom stereocenters. The molecule has 0 saturated carbocycles. The second kappa shape index (κ2) is 4.70. The lowest BCUT2D eigenvalue weighted by molar-refractivity contribution is 0.625. The predicted molar refractivity (Wildman–Crippen MR) is 69.8 cm³/mol. The van der Waals surface area contributed by atoms with Crippen LogP contribution in [0.3, 0.4) is 0 Å². The van der Waals surface area contributed by atoms with Gasteiger partial charge in [-0.05, 0) is 48.2 Å². The summed E-state index contributed by atoms with van der Waals surface area (Å²) in [4.78, 5) is 0. The van der Waals surface area contributed by atoms with E-state index >= 15 is 0 Å². The first kappa shape index (κ1) is 11.8. The molecular weight excluding hydrogens is 211 g/mol. The summed E-state index contributed by atoms with van der Waals surface area (Å²) < 4.78 is 13.1. The summed E-state index contributed by atoms with van der Waals surface area (Å²) in [5.74, 6) is 0.139. The molecule has 0 aliphatic carbocycles.